The third-order valence-corrected chi connectivity index (χ3v) is 6.07. The molecule has 29 heavy (non-hydrogen) atoms. The Bertz CT molecular complexity index is 938. The zero-order chi connectivity index (χ0) is 20.1. The van der Waals surface area contributed by atoms with Crippen molar-refractivity contribution in [2.75, 3.05) is 36.8 Å². The second-order valence-electron chi connectivity index (χ2n) is 6.96. The number of pyridine rings is 1. The average molecular weight is 409 g/mol. The lowest BCUT2D eigenvalue weighted by Crippen LogP contribution is -2.49. The van der Waals surface area contributed by atoms with Gasteiger partial charge in [0.2, 0.25) is 5.91 Å². The van der Waals surface area contributed by atoms with E-state index in [0.717, 1.165) is 36.3 Å². The van der Waals surface area contributed by atoms with Gasteiger partial charge in [-0.3, -0.25) is 4.79 Å². The minimum atomic E-state index is 0.142. The minimum absolute atomic E-state index is 0.142. The van der Waals surface area contributed by atoms with Gasteiger partial charge in [-0.2, -0.15) is 0 Å². The number of rotatable bonds is 6. The Labute approximate surface area is 174 Å². The highest BCUT2D eigenvalue weighted by Gasteiger charge is 2.22. The van der Waals surface area contributed by atoms with Crippen LogP contribution in [0.3, 0.4) is 0 Å². The topological polar surface area (TPSA) is 67.2 Å². The number of thioether (sulfide) groups is 1. The molecular weight excluding hydrogens is 384 g/mol. The lowest BCUT2D eigenvalue weighted by molar-refractivity contribution is -0.128. The molecule has 0 N–H and O–H groups in total. The minimum Gasteiger partial charge on any atom is -0.353 e. The van der Waals surface area contributed by atoms with E-state index >= 15 is 0 Å². The van der Waals surface area contributed by atoms with Crippen molar-refractivity contribution in [3.63, 3.8) is 0 Å². The van der Waals surface area contributed by atoms with Crippen LogP contribution in [-0.2, 0) is 18.3 Å². The van der Waals surface area contributed by atoms with E-state index in [2.05, 4.69) is 32.2 Å². The Morgan fingerprint density at radius 1 is 1.00 bits per heavy atom. The summed E-state index contributed by atoms with van der Waals surface area (Å²) in [6.07, 6.45) is 2.53. The lowest BCUT2D eigenvalue weighted by atomic mass is 10.1. The first-order chi connectivity index (χ1) is 14.2. The molecule has 0 saturated carbocycles. The number of piperazine rings is 1. The molecule has 1 amide bonds. The summed E-state index contributed by atoms with van der Waals surface area (Å²) in [4.78, 5) is 21.2. The zero-order valence-electron chi connectivity index (χ0n) is 16.4. The van der Waals surface area contributed by atoms with Gasteiger partial charge in [0.15, 0.2) is 5.16 Å². The maximum Gasteiger partial charge on any atom is 0.233 e. The highest BCUT2D eigenvalue weighted by Crippen LogP contribution is 2.19. The fourth-order valence-electron chi connectivity index (χ4n) is 3.35. The molecule has 4 rings (SSSR count). The number of aromatic nitrogens is 4. The zero-order valence-corrected chi connectivity index (χ0v) is 17.3. The van der Waals surface area contributed by atoms with E-state index in [1.54, 1.807) is 6.20 Å². The Morgan fingerprint density at radius 2 is 1.76 bits per heavy atom. The largest absolute Gasteiger partial charge is 0.353 e. The Morgan fingerprint density at radius 3 is 2.48 bits per heavy atom. The molecule has 0 aliphatic carbocycles. The van der Waals surface area contributed by atoms with Gasteiger partial charge in [-0.1, -0.05) is 48.2 Å². The Kier molecular flexibility index (Phi) is 6.09. The van der Waals surface area contributed by atoms with Gasteiger partial charge < -0.3 is 14.4 Å². The molecule has 1 aliphatic rings. The summed E-state index contributed by atoms with van der Waals surface area (Å²) in [6.45, 7) is 3.04. The molecule has 1 saturated heterocycles. The van der Waals surface area contributed by atoms with E-state index in [1.165, 1.54) is 17.3 Å². The first-order valence-corrected chi connectivity index (χ1v) is 10.7. The number of benzene rings is 1. The van der Waals surface area contributed by atoms with Crippen LogP contribution in [-0.4, -0.2) is 62.5 Å². The predicted molar refractivity (Wildman–Crippen MR) is 114 cm³/mol. The van der Waals surface area contributed by atoms with Crippen LogP contribution in [0.5, 0.6) is 0 Å². The second-order valence-corrected chi connectivity index (χ2v) is 7.91. The number of carbonyl (C=O) groups is 1. The fraction of sp³-hybridized carbons (Fsp3) is 0.333. The number of hydrogen-bond acceptors (Lipinski definition) is 6. The van der Waals surface area contributed by atoms with Crippen LogP contribution < -0.4 is 4.90 Å². The molecular formula is C21H24N6OS. The molecule has 150 valence electrons. The third-order valence-electron chi connectivity index (χ3n) is 5.06. The van der Waals surface area contributed by atoms with Gasteiger partial charge in [-0.15, -0.1) is 10.2 Å². The number of nitrogens with zero attached hydrogens (tertiary/aromatic N) is 6. The molecule has 0 unspecified atom stereocenters. The normalized spacial score (nSPS) is 14.2. The summed E-state index contributed by atoms with van der Waals surface area (Å²) in [6, 6.07) is 16.1. The summed E-state index contributed by atoms with van der Waals surface area (Å²) >= 11 is 1.45. The molecule has 7 nitrogen and oxygen atoms in total. The van der Waals surface area contributed by atoms with Crippen LogP contribution in [0, 0.1) is 0 Å². The summed E-state index contributed by atoms with van der Waals surface area (Å²) < 4.78 is 1.98. The van der Waals surface area contributed by atoms with Gasteiger partial charge in [0.1, 0.15) is 11.6 Å². The van der Waals surface area contributed by atoms with Crippen molar-refractivity contribution in [1.29, 1.82) is 0 Å². The summed E-state index contributed by atoms with van der Waals surface area (Å²) in [5.41, 5.74) is 1.20. The molecule has 3 heterocycles. The van der Waals surface area contributed by atoms with Crippen LogP contribution in [0.25, 0.3) is 0 Å². The number of hydrogen-bond donors (Lipinski definition) is 0. The van der Waals surface area contributed by atoms with Crippen molar-refractivity contribution >= 4 is 23.5 Å². The highest BCUT2D eigenvalue weighted by atomic mass is 32.2. The first-order valence-electron chi connectivity index (χ1n) is 9.69. The Balaban J connectivity index is 1.28. The molecule has 1 fully saturated rings. The SMILES string of the molecule is Cn1c(Cc2ccccc2)nnc1SCC(=O)N1CCN(c2ccccn2)CC1. The fourth-order valence-corrected chi connectivity index (χ4v) is 4.18. The highest BCUT2D eigenvalue weighted by molar-refractivity contribution is 7.99. The molecule has 3 aromatic rings. The summed E-state index contributed by atoms with van der Waals surface area (Å²) in [5, 5.41) is 9.34. The molecule has 1 aromatic carbocycles. The van der Waals surface area contributed by atoms with Crippen molar-refractivity contribution in [1.82, 2.24) is 24.6 Å². The lowest BCUT2D eigenvalue weighted by Gasteiger charge is -2.35. The molecule has 0 atom stereocenters. The van der Waals surface area contributed by atoms with E-state index in [9.17, 15) is 4.79 Å². The van der Waals surface area contributed by atoms with Crippen molar-refractivity contribution < 1.29 is 4.79 Å². The van der Waals surface area contributed by atoms with Crippen molar-refractivity contribution in [3.8, 4) is 0 Å². The molecule has 0 spiro atoms. The molecule has 8 heteroatoms. The van der Waals surface area contributed by atoms with Gasteiger partial charge in [0, 0.05) is 45.8 Å². The second kappa shape index (κ2) is 9.09. The average Bonchev–Trinajstić information content (AvgIpc) is 3.12. The molecule has 1 aliphatic heterocycles. The van der Waals surface area contributed by atoms with Crippen molar-refractivity contribution in [3.05, 3.63) is 66.1 Å². The standard InChI is InChI=1S/C21H24N6OS/c1-25-19(15-17-7-3-2-4-8-17)23-24-21(25)29-16-20(28)27-13-11-26(12-14-27)18-9-5-6-10-22-18/h2-10H,11-16H2,1H3. The van der Waals surface area contributed by atoms with Gasteiger partial charge >= 0.3 is 0 Å². The van der Waals surface area contributed by atoms with Crippen LogP contribution in [0.1, 0.15) is 11.4 Å². The van der Waals surface area contributed by atoms with Crippen molar-refractivity contribution in [2.24, 2.45) is 7.05 Å². The van der Waals surface area contributed by atoms with E-state index in [1.807, 2.05) is 52.9 Å². The van der Waals surface area contributed by atoms with Gasteiger partial charge in [0.25, 0.3) is 0 Å². The maximum absolute atomic E-state index is 12.6. The van der Waals surface area contributed by atoms with Crippen molar-refractivity contribution in [2.45, 2.75) is 11.6 Å². The van der Waals surface area contributed by atoms with E-state index < -0.39 is 0 Å². The Hall–Kier alpha value is -2.87. The van der Waals surface area contributed by atoms with Crippen LogP contribution in [0.15, 0.2) is 59.9 Å². The van der Waals surface area contributed by atoms with Gasteiger partial charge in [0.05, 0.1) is 5.75 Å². The number of carbonyl (C=O) groups excluding carboxylic acids is 1. The number of amides is 1. The van der Waals surface area contributed by atoms with Crippen LogP contribution >= 0.6 is 11.8 Å². The maximum atomic E-state index is 12.6. The smallest absolute Gasteiger partial charge is 0.233 e. The van der Waals surface area contributed by atoms with Gasteiger partial charge in [-0.05, 0) is 17.7 Å². The summed E-state index contributed by atoms with van der Waals surface area (Å²) in [7, 11) is 1.96. The monoisotopic (exact) mass is 408 g/mol. The van der Waals surface area contributed by atoms with Crippen LogP contribution in [0.4, 0.5) is 5.82 Å². The first kappa shape index (κ1) is 19.4. The predicted octanol–water partition coefficient (Wildman–Crippen LogP) is 2.24. The van der Waals surface area contributed by atoms with E-state index in [-0.39, 0.29) is 5.91 Å². The summed E-state index contributed by atoms with van der Waals surface area (Å²) in [5.74, 6) is 2.39. The third kappa shape index (κ3) is 4.76. The van der Waals surface area contributed by atoms with Crippen LogP contribution in [0.2, 0.25) is 0 Å². The molecule has 0 radical (unpaired) electrons. The van der Waals surface area contributed by atoms with E-state index in [4.69, 9.17) is 0 Å². The van der Waals surface area contributed by atoms with E-state index in [0.29, 0.717) is 18.8 Å². The molecule has 2 aromatic heterocycles. The van der Waals surface area contributed by atoms with Gasteiger partial charge in [-0.25, -0.2) is 4.98 Å². The quantitative estimate of drug-likeness (QED) is 0.583. The molecule has 0 bridgehead atoms. The number of anilines is 1.